The lowest BCUT2D eigenvalue weighted by Gasteiger charge is -2.07. The largest absolute Gasteiger partial charge is 0.322 e. The number of aryl methyl sites for hydroxylation is 2. The highest BCUT2D eigenvalue weighted by Crippen LogP contribution is 2.13. The molecule has 5 heteroatoms. The highest BCUT2D eigenvalue weighted by molar-refractivity contribution is 6.04. The zero-order chi connectivity index (χ0) is 14.5. The van der Waals surface area contributed by atoms with Crippen LogP contribution in [0.5, 0.6) is 0 Å². The van der Waals surface area contributed by atoms with Gasteiger partial charge in [-0.2, -0.15) is 5.10 Å². The van der Waals surface area contributed by atoms with Crippen molar-refractivity contribution in [3.05, 3.63) is 47.3 Å². The number of carbonyl (C=O) groups excluding carboxylic acids is 1. The smallest absolute Gasteiger partial charge is 0.259 e. The molecule has 1 aromatic heterocycles. The van der Waals surface area contributed by atoms with Gasteiger partial charge in [0.15, 0.2) is 0 Å². The molecule has 1 aromatic carbocycles. The summed E-state index contributed by atoms with van der Waals surface area (Å²) in [5.74, 6) is -0.129. The number of carbonyl (C=O) groups is 1. The molecule has 0 bridgehead atoms. The fourth-order valence-electron chi connectivity index (χ4n) is 2.05. The quantitative estimate of drug-likeness (QED) is 0.876. The van der Waals surface area contributed by atoms with Crippen LogP contribution in [0.4, 0.5) is 5.69 Å². The van der Waals surface area contributed by atoms with Gasteiger partial charge in [0.2, 0.25) is 0 Å². The molecule has 2 rings (SSSR count). The second-order valence-electron chi connectivity index (χ2n) is 4.74. The minimum atomic E-state index is -0.129. The van der Waals surface area contributed by atoms with Crippen LogP contribution in [0.1, 0.15) is 28.5 Å². The third kappa shape index (κ3) is 3.45. The number of nitrogens with zero attached hydrogens (tertiary/aromatic N) is 2. The molecule has 0 unspecified atom stereocenters. The SMILES string of the molecule is CCNCc1cccc(NC(=O)c2cn(C)nc2C)c1. The normalized spacial score (nSPS) is 10.6. The Bertz CT molecular complexity index is 604. The molecule has 2 aromatic rings. The van der Waals surface area contributed by atoms with Crippen LogP contribution in [0.15, 0.2) is 30.5 Å². The van der Waals surface area contributed by atoms with Gasteiger partial charge in [-0.1, -0.05) is 19.1 Å². The van der Waals surface area contributed by atoms with Gasteiger partial charge in [0.1, 0.15) is 0 Å². The summed E-state index contributed by atoms with van der Waals surface area (Å²) in [6, 6.07) is 7.84. The molecule has 0 aliphatic rings. The summed E-state index contributed by atoms with van der Waals surface area (Å²) < 4.78 is 1.64. The van der Waals surface area contributed by atoms with Crippen molar-refractivity contribution in [3.8, 4) is 0 Å². The van der Waals surface area contributed by atoms with Crippen molar-refractivity contribution in [3.63, 3.8) is 0 Å². The predicted octanol–water partition coefficient (Wildman–Crippen LogP) is 2.09. The maximum Gasteiger partial charge on any atom is 0.259 e. The molecule has 0 radical (unpaired) electrons. The molecule has 1 heterocycles. The second-order valence-corrected chi connectivity index (χ2v) is 4.74. The zero-order valence-electron chi connectivity index (χ0n) is 12.1. The third-order valence-electron chi connectivity index (χ3n) is 3.02. The molecule has 1 amide bonds. The molecule has 106 valence electrons. The molecule has 0 saturated carbocycles. The Kier molecular flexibility index (Phi) is 4.53. The van der Waals surface area contributed by atoms with E-state index in [2.05, 4.69) is 22.7 Å². The number of anilines is 1. The van der Waals surface area contributed by atoms with Crippen LogP contribution in [-0.4, -0.2) is 22.2 Å². The van der Waals surface area contributed by atoms with Gasteiger partial charge in [-0.25, -0.2) is 0 Å². The van der Waals surface area contributed by atoms with Crippen LogP contribution in [0.2, 0.25) is 0 Å². The molecular formula is C15H20N4O. The van der Waals surface area contributed by atoms with E-state index in [4.69, 9.17) is 0 Å². The summed E-state index contributed by atoms with van der Waals surface area (Å²) in [6.07, 6.45) is 1.73. The molecule has 20 heavy (non-hydrogen) atoms. The Morgan fingerprint density at radius 3 is 2.85 bits per heavy atom. The van der Waals surface area contributed by atoms with Crippen LogP contribution in [0.25, 0.3) is 0 Å². The first-order chi connectivity index (χ1) is 9.60. The van der Waals surface area contributed by atoms with Crippen LogP contribution < -0.4 is 10.6 Å². The fraction of sp³-hybridized carbons (Fsp3) is 0.333. The maximum absolute atomic E-state index is 12.2. The van der Waals surface area contributed by atoms with Crippen molar-refractivity contribution in [2.45, 2.75) is 20.4 Å². The number of benzene rings is 1. The van der Waals surface area contributed by atoms with E-state index >= 15 is 0 Å². The minimum absolute atomic E-state index is 0.129. The molecule has 5 nitrogen and oxygen atoms in total. The summed E-state index contributed by atoms with van der Waals surface area (Å²) in [4.78, 5) is 12.2. The Hall–Kier alpha value is -2.14. The van der Waals surface area contributed by atoms with Crippen LogP contribution in [0.3, 0.4) is 0 Å². The number of hydrogen-bond acceptors (Lipinski definition) is 3. The molecule has 0 spiro atoms. The molecule has 0 aliphatic heterocycles. The number of amides is 1. The summed E-state index contributed by atoms with van der Waals surface area (Å²) >= 11 is 0. The van der Waals surface area contributed by atoms with Gasteiger partial charge in [0, 0.05) is 25.5 Å². The average Bonchev–Trinajstić information content (AvgIpc) is 2.76. The highest BCUT2D eigenvalue weighted by Gasteiger charge is 2.12. The molecular weight excluding hydrogens is 252 g/mol. The van der Waals surface area contributed by atoms with E-state index in [-0.39, 0.29) is 5.91 Å². The van der Waals surface area contributed by atoms with E-state index in [1.807, 2.05) is 31.2 Å². The average molecular weight is 272 g/mol. The summed E-state index contributed by atoms with van der Waals surface area (Å²) in [5, 5.41) is 10.3. The van der Waals surface area contributed by atoms with Crippen molar-refractivity contribution >= 4 is 11.6 Å². The molecule has 2 N–H and O–H groups in total. The lowest BCUT2D eigenvalue weighted by atomic mass is 10.2. The van der Waals surface area contributed by atoms with Crippen molar-refractivity contribution in [1.29, 1.82) is 0 Å². The Labute approximate surface area is 119 Å². The predicted molar refractivity (Wildman–Crippen MR) is 79.7 cm³/mol. The van der Waals surface area contributed by atoms with Gasteiger partial charge < -0.3 is 10.6 Å². The van der Waals surface area contributed by atoms with Gasteiger partial charge in [-0.3, -0.25) is 9.48 Å². The molecule has 0 saturated heterocycles. The summed E-state index contributed by atoms with van der Waals surface area (Å²) in [6.45, 7) is 5.62. The number of rotatable bonds is 5. The summed E-state index contributed by atoms with van der Waals surface area (Å²) in [7, 11) is 1.81. The van der Waals surface area contributed by atoms with Crippen LogP contribution in [0, 0.1) is 6.92 Å². The Balaban J connectivity index is 2.09. The monoisotopic (exact) mass is 272 g/mol. The van der Waals surface area contributed by atoms with E-state index in [9.17, 15) is 4.79 Å². The topological polar surface area (TPSA) is 58.9 Å². The highest BCUT2D eigenvalue weighted by atomic mass is 16.1. The lowest BCUT2D eigenvalue weighted by Crippen LogP contribution is -2.14. The van der Waals surface area contributed by atoms with Crippen molar-refractivity contribution in [1.82, 2.24) is 15.1 Å². The molecule has 0 fully saturated rings. The van der Waals surface area contributed by atoms with Crippen LogP contribution in [-0.2, 0) is 13.6 Å². The summed E-state index contributed by atoms with van der Waals surface area (Å²) in [5.41, 5.74) is 3.28. The van der Waals surface area contributed by atoms with Crippen molar-refractivity contribution < 1.29 is 4.79 Å². The first-order valence-electron chi connectivity index (χ1n) is 6.71. The maximum atomic E-state index is 12.2. The van der Waals surface area contributed by atoms with Crippen molar-refractivity contribution in [2.24, 2.45) is 7.05 Å². The van der Waals surface area contributed by atoms with E-state index in [0.717, 1.165) is 30.0 Å². The van der Waals surface area contributed by atoms with Crippen LogP contribution >= 0.6 is 0 Å². The van der Waals surface area contributed by atoms with Gasteiger partial charge >= 0.3 is 0 Å². The van der Waals surface area contributed by atoms with E-state index < -0.39 is 0 Å². The van der Waals surface area contributed by atoms with Crippen molar-refractivity contribution in [2.75, 3.05) is 11.9 Å². The Morgan fingerprint density at radius 1 is 1.40 bits per heavy atom. The number of hydrogen-bond donors (Lipinski definition) is 2. The second kappa shape index (κ2) is 6.34. The minimum Gasteiger partial charge on any atom is -0.322 e. The molecule has 0 atom stereocenters. The first kappa shape index (κ1) is 14.3. The first-order valence-corrected chi connectivity index (χ1v) is 6.71. The van der Waals surface area contributed by atoms with Gasteiger partial charge in [-0.15, -0.1) is 0 Å². The number of nitrogens with one attached hydrogen (secondary N) is 2. The fourth-order valence-corrected chi connectivity index (χ4v) is 2.05. The zero-order valence-corrected chi connectivity index (χ0v) is 12.1. The van der Waals surface area contributed by atoms with E-state index in [0.29, 0.717) is 5.56 Å². The standard InChI is InChI=1S/C15H20N4O/c1-4-16-9-12-6-5-7-13(8-12)17-15(20)14-10-19(3)18-11(14)2/h5-8,10,16H,4,9H2,1-3H3,(H,17,20). The number of aromatic nitrogens is 2. The van der Waals surface area contributed by atoms with Gasteiger partial charge in [0.25, 0.3) is 5.91 Å². The third-order valence-corrected chi connectivity index (χ3v) is 3.02. The van der Waals surface area contributed by atoms with Gasteiger partial charge in [-0.05, 0) is 31.2 Å². The van der Waals surface area contributed by atoms with E-state index in [1.54, 1.807) is 17.9 Å². The van der Waals surface area contributed by atoms with E-state index in [1.165, 1.54) is 0 Å². The lowest BCUT2D eigenvalue weighted by molar-refractivity contribution is 0.102. The Morgan fingerprint density at radius 2 is 2.20 bits per heavy atom. The van der Waals surface area contributed by atoms with Gasteiger partial charge in [0.05, 0.1) is 11.3 Å². The molecule has 0 aliphatic carbocycles.